The van der Waals surface area contributed by atoms with E-state index in [1.54, 1.807) is 0 Å². The van der Waals surface area contributed by atoms with Gasteiger partial charge in [-0.05, 0) is 37.3 Å². The smallest absolute Gasteiger partial charge is 0.368 e. The summed E-state index contributed by atoms with van der Waals surface area (Å²) in [7, 11) is -4.36. The molecule has 1 saturated heterocycles. The molecule has 0 aliphatic carbocycles. The highest BCUT2D eigenvalue weighted by molar-refractivity contribution is 7.89. The zero-order chi connectivity index (χ0) is 22.8. The first-order valence-corrected chi connectivity index (χ1v) is 11.3. The van der Waals surface area contributed by atoms with E-state index in [1.807, 2.05) is 30.3 Å². The number of rotatable bonds is 5. The fraction of sp³-hybridized carbons (Fsp3) is 0.350. The number of benzene rings is 2. The molecule has 168 valence electrons. The molecule has 2 aromatic rings. The van der Waals surface area contributed by atoms with Gasteiger partial charge in [-0.1, -0.05) is 29.8 Å². The van der Waals surface area contributed by atoms with Gasteiger partial charge in [0.15, 0.2) is 0 Å². The molecular formula is C20H21ClF3N3O3S. The van der Waals surface area contributed by atoms with Crippen molar-refractivity contribution in [2.45, 2.75) is 24.0 Å². The molecule has 1 N–H and O–H groups in total. The van der Waals surface area contributed by atoms with Crippen LogP contribution in [0.2, 0.25) is 5.02 Å². The fourth-order valence-electron chi connectivity index (χ4n) is 3.34. The van der Waals surface area contributed by atoms with Gasteiger partial charge in [0.2, 0.25) is 15.9 Å². The second-order valence-electron chi connectivity index (χ2n) is 7.13. The van der Waals surface area contributed by atoms with Crippen molar-refractivity contribution < 1.29 is 26.4 Å². The number of alkyl halides is 3. The van der Waals surface area contributed by atoms with Crippen LogP contribution in [0.4, 0.5) is 18.9 Å². The number of sulfonamides is 1. The summed E-state index contributed by atoms with van der Waals surface area (Å²) in [5, 5.41) is -0.605. The van der Waals surface area contributed by atoms with Crippen molar-refractivity contribution in [3.8, 4) is 0 Å². The largest absolute Gasteiger partial charge is 0.417 e. The average Bonchev–Trinajstić information content (AvgIpc) is 2.73. The molecule has 1 fully saturated rings. The molecule has 3 rings (SSSR count). The second kappa shape index (κ2) is 9.05. The number of carbonyl (C=O) groups is 1. The summed E-state index contributed by atoms with van der Waals surface area (Å²) in [6.07, 6.45) is -4.80. The molecule has 1 heterocycles. The van der Waals surface area contributed by atoms with E-state index in [0.29, 0.717) is 32.2 Å². The molecule has 1 amide bonds. The summed E-state index contributed by atoms with van der Waals surface area (Å²) in [4.78, 5) is 15.8. The Kier molecular flexibility index (Phi) is 6.82. The van der Waals surface area contributed by atoms with E-state index in [2.05, 4.69) is 9.62 Å². The SMILES string of the molecule is C[C@H](NS(=O)(=O)c1ccc(Cl)c(C(F)(F)F)c1)C(=O)N1CCN(c2ccccc2)CC1. The van der Waals surface area contributed by atoms with E-state index in [9.17, 15) is 26.4 Å². The van der Waals surface area contributed by atoms with Crippen LogP contribution in [-0.2, 0) is 21.0 Å². The fourth-order valence-corrected chi connectivity index (χ4v) is 4.78. The molecule has 0 unspecified atom stereocenters. The molecule has 0 bridgehead atoms. The second-order valence-corrected chi connectivity index (χ2v) is 9.25. The standard InChI is InChI=1S/C20H21ClF3N3O3S/c1-14(19(28)27-11-9-26(10-12-27)15-5-3-2-4-6-15)25-31(29,30)16-7-8-18(21)17(13-16)20(22,23)24/h2-8,13-14,25H,9-12H2,1H3/t14-/m0/s1. The third kappa shape index (κ3) is 5.50. The van der Waals surface area contributed by atoms with Gasteiger partial charge in [0.1, 0.15) is 0 Å². The normalized spacial score (nSPS) is 16.3. The van der Waals surface area contributed by atoms with Crippen molar-refractivity contribution in [3.63, 3.8) is 0 Å². The number of para-hydroxylation sites is 1. The number of amides is 1. The van der Waals surface area contributed by atoms with Crippen molar-refractivity contribution in [2.24, 2.45) is 0 Å². The number of hydrogen-bond donors (Lipinski definition) is 1. The Morgan fingerprint density at radius 1 is 1.06 bits per heavy atom. The molecule has 0 spiro atoms. The van der Waals surface area contributed by atoms with Gasteiger partial charge in [-0.2, -0.15) is 17.9 Å². The Morgan fingerprint density at radius 3 is 2.26 bits per heavy atom. The van der Waals surface area contributed by atoms with E-state index in [-0.39, 0.29) is 0 Å². The first-order valence-electron chi connectivity index (χ1n) is 9.47. The highest BCUT2D eigenvalue weighted by atomic mass is 35.5. The summed E-state index contributed by atoms with van der Waals surface area (Å²) in [5.41, 5.74) is -0.223. The Hall–Kier alpha value is -2.30. The number of halogens is 4. The van der Waals surface area contributed by atoms with Gasteiger partial charge < -0.3 is 9.80 Å². The van der Waals surface area contributed by atoms with Gasteiger partial charge in [0.25, 0.3) is 0 Å². The zero-order valence-electron chi connectivity index (χ0n) is 16.6. The molecule has 1 aliphatic rings. The third-order valence-electron chi connectivity index (χ3n) is 4.97. The third-order valence-corrected chi connectivity index (χ3v) is 6.84. The molecule has 0 radical (unpaired) electrons. The predicted octanol–water partition coefficient (Wildman–Crippen LogP) is 3.37. The van der Waals surface area contributed by atoms with E-state index < -0.39 is 43.6 Å². The Balaban J connectivity index is 1.66. The zero-order valence-corrected chi connectivity index (χ0v) is 18.1. The lowest BCUT2D eigenvalue weighted by Gasteiger charge is -2.37. The minimum absolute atomic E-state index is 0.402. The van der Waals surface area contributed by atoms with Crippen molar-refractivity contribution in [1.82, 2.24) is 9.62 Å². The number of hydrogen-bond acceptors (Lipinski definition) is 4. The van der Waals surface area contributed by atoms with E-state index >= 15 is 0 Å². The van der Waals surface area contributed by atoms with Crippen molar-refractivity contribution >= 4 is 33.2 Å². The van der Waals surface area contributed by atoms with Crippen molar-refractivity contribution in [3.05, 3.63) is 59.1 Å². The summed E-state index contributed by atoms with van der Waals surface area (Å²) >= 11 is 5.54. The van der Waals surface area contributed by atoms with Gasteiger partial charge in [-0.3, -0.25) is 4.79 Å². The summed E-state index contributed by atoms with van der Waals surface area (Å²) < 4.78 is 66.4. The number of carbonyl (C=O) groups excluding carboxylic acids is 1. The van der Waals surface area contributed by atoms with Crippen LogP contribution < -0.4 is 9.62 Å². The molecule has 0 aromatic heterocycles. The van der Waals surface area contributed by atoms with Crippen molar-refractivity contribution in [2.75, 3.05) is 31.1 Å². The van der Waals surface area contributed by atoms with Crippen LogP contribution in [0.25, 0.3) is 0 Å². The number of nitrogens with zero attached hydrogens (tertiary/aromatic N) is 2. The van der Waals surface area contributed by atoms with Crippen LogP contribution in [-0.4, -0.2) is 51.4 Å². The lowest BCUT2D eigenvalue weighted by molar-refractivity contribution is -0.137. The maximum atomic E-state index is 13.0. The highest BCUT2D eigenvalue weighted by Gasteiger charge is 2.35. The van der Waals surface area contributed by atoms with E-state index in [1.165, 1.54) is 11.8 Å². The quantitative estimate of drug-likeness (QED) is 0.720. The molecule has 1 atom stereocenters. The monoisotopic (exact) mass is 475 g/mol. The first-order chi connectivity index (χ1) is 14.5. The number of nitrogens with one attached hydrogen (secondary N) is 1. The predicted molar refractivity (Wildman–Crippen MR) is 111 cm³/mol. The van der Waals surface area contributed by atoms with Crippen LogP contribution in [0.1, 0.15) is 12.5 Å². The Bertz CT molecular complexity index is 1040. The average molecular weight is 476 g/mol. The van der Waals surface area contributed by atoms with E-state index in [4.69, 9.17) is 11.6 Å². The Labute approximate surface area is 183 Å². The molecule has 1 aliphatic heterocycles. The maximum absolute atomic E-state index is 13.0. The molecule has 6 nitrogen and oxygen atoms in total. The lowest BCUT2D eigenvalue weighted by Crippen LogP contribution is -2.54. The van der Waals surface area contributed by atoms with Crippen LogP contribution in [0.5, 0.6) is 0 Å². The summed E-state index contributed by atoms with van der Waals surface area (Å²) in [5.74, 6) is -0.443. The molecule has 2 aromatic carbocycles. The van der Waals surface area contributed by atoms with Gasteiger partial charge in [0.05, 0.1) is 21.5 Å². The van der Waals surface area contributed by atoms with Crippen LogP contribution >= 0.6 is 11.6 Å². The highest BCUT2D eigenvalue weighted by Crippen LogP contribution is 2.35. The molecule has 31 heavy (non-hydrogen) atoms. The summed E-state index contributed by atoms with van der Waals surface area (Å²) in [6.45, 7) is 3.34. The summed E-state index contributed by atoms with van der Waals surface area (Å²) in [6, 6.07) is 10.8. The van der Waals surface area contributed by atoms with Crippen LogP contribution in [0.15, 0.2) is 53.4 Å². The Morgan fingerprint density at radius 2 is 1.68 bits per heavy atom. The first kappa shape index (κ1) is 23.4. The van der Waals surface area contributed by atoms with Gasteiger partial charge in [0, 0.05) is 31.9 Å². The molecule has 0 saturated carbocycles. The minimum Gasteiger partial charge on any atom is -0.368 e. The van der Waals surface area contributed by atoms with Gasteiger partial charge in [-0.25, -0.2) is 8.42 Å². The molecular weight excluding hydrogens is 455 g/mol. The number of anilines is 1. The minimum atomic E-state index is -4.80. The molecule has 11 heteroatoms. The van der Waals surface area contributed by atoms with Crippen LogP contribution in [0, 0.1) is 0 Å². The van der Waals surface area contributed by atoms with Gasteiger partial charge in [-0.15, -0.1) is 0 Å². The number of piperazine rings is 1. The van der Waals surface area contributed by atoms with Crippen molar-refractivity contribution in [1.29, 1.82) is 0 Å². The topological polar surface area (TPSA) is 69.7 Å². The lowest BCUT2D eigenvalue weighted by atomic mass is 10.2. The van der Waals surface area contributed by atoms with Crippen LogP contribution in [0.3, 0.4) is 0 Å². The maximum Gasteiger partial charge on any atom is 0.417 e. The van der Waals surface area contributed by atoms with Gasteiger partial charge >= 0.3 is 6.18 Å². The van der Waals surface area contributed by atoms with E-state index in [0.717, 1.165) is 17.8 Å².